The molecule has 0 atom stereocenters. The van der Waals surface area contributed by atoms with Gasteiger partial charge in [-0.15, -0.1) is 0 Å². The topological polar surface area (TPSA) is 66.0 Å². The molecule has 1 amide bonds. The van der Waals surface area contributed by atoms with E-state index in [0.29, 0.717) is 59.4 Å². The van der Waals surface area contributed by atoms with Crippen molar-refractivity contribution in [2.24, 2.45) is 0 Å². The number of benzene rings is 2. The fraction of sp³-hybridized carbons (Fsp3) is 0.278. The molecule has 0 aliphatic carbocycles. The predicted molar refractivity (Wildman–Crippen MR) is 96.9 cm³/mol. The van der Waals surface area contributed by atoms with Crippen LogP contribution in [0.5, 0.6) is 17.2 Å². The van der Waals surface area contributed by atoms with Gasteiger partial charge in [-0.25, -0.2) is 0 Å². The molecule has 2 aromatic rings. The van der Waals surface area contributed by atoms with Crippen molar-refractivity contribution in [1.29, 1.82) is 0 Å². The number of fused-ring (bicyclic) bond motifs is 1. The molecule has 0 unspecified atom stereocenters. The first-order valence-corrected chi connectivity index (χ1v) is 8.59. The van der Waals surface area contributed by atoms with E-state index >= 15 is 0 Å². The van der Waals surface area contributed by atoms with Crippen LogP contribution in [0.3, 0.4) is 0 Å². The Morgan fingerprint density at radius 3 is 2.64 bits per heavy atom. The molecule has 0 fully saturated rings. The predicted octanol–water partition coefficient (Wildman–Crippen LogP) is 3.50. The monoisotopic (exact) mass is 407 g/mol. The third kappa shape index (κ3) is 4.24. The Bertz CT molecular complexity index is 765. The largest absolute Gasteiger partial charge is 0.490 e. The number of carbonyl (C=O) groups is 1. The van der Waals surface area contributed by atoms with Gasteiger partial charge in [-0.1, -0.05) is 12.1 Å². The van der Waals surface area contributed by atoms with E-state index in [9.17, 15) is 4.79 Å². The van der Waals surface area contributed by atoms with E-state index in [4.69, 9.17) is 18.9 Å². The second-order valence-electron chi connectivity index (χ2n) is 5.27. The van der Waals surface area contributed by atoms with E-state index in [0.717, 1.165) is 0 Å². The Labute approximate surface area is 154 Å². The number of para-hydroxylation sites is 1. The highest BCUT2D eigenvalue weighted by atomic mass is 79.9. The van der Waals surface area contributed by atoms with Gasteiger partial charge in [0.15, 0.2) is 11.5 Å². The Kier molecular flexibility index (Phi) is 5.78. The summed E-state index contributed by atoms with van der Waals surface area (Å²) in [7, 11) is 1.60. The molecular weight excluding hydrogens is 390 g/mol. The highest BCUT2D eigenvalue weighted by Gasteiger charge is 2.18. The van der Waals surface area contributed by atoms with Gasteiger partial charge in [-0.2, -0.15) is 0 Å². The second-order valence-corrected chi connectivity index (χ2v) is 6.12. The molecule has 3 rings (SSSR count). The molecule has 0 saturated carbocycles. The van der Waals surface area contributed by atoms with Gasteiger partial charge in [0.05, 0.1) is 17.9 Å². The summed E-state index contributed by atoms with van der Waals surface area (Å²) in [5.41, 5.74) is 1.04. The summed E-state index contributed by atoms with van der Waals surface area (Å²) < 4.78 is 22.4. The van der Waals surface area contributed by atoms with Crippen LogP contribution in [0.25, 0.3) is 0 Å². The van der Waals surface area contributed by atoms with E-state index in [-0.39, 0.29) is 5.91 Å². The summed E-state index contributed by atoms with van der Waals surface area (Å²) >= 11 is 3.45. The number of hydrogen-bond acceptors (Lipinski definition) is 5. The van der Waals surface area contributed by atoms with Crippen LogP contribution in [0, 0.1) is 0 Å². The van der Waals surface area contributed by atoms with Crippen LogP contribution in [0.15, 0.2) is 40.9 Å². The van der Waals surface area contributed by atoms with Gasteiger partial charge in [0.1, 0.15) is 25.6 Å². The maximum absolute atomic E-state index is 12.7. The Morgan fingerprint density at radius 1 is 1.16 bits per heavy atom. The van der Waals surface area contributed by atoms with Crippen molar-refractivity contribution in [3.8, 4) is 17.2 Å². The molecule has 2 aromatic carbocycles. The van der Waals surface area contributed by atoms with Gasteiger partial charge in [0.2, 0.25) is 0 Å². The van der Waals surface area contributed by atoms with Crippen LogP contribution in [-0.4, -0.2) is 39.4 Å². The summed E-state index contributed by atoms with van der Waals surface area (Å²) in [5.74, 6) is 1.49. The summed E-state index contributed by atoms with van der Waals surface area (Å²) in [5, 5.41) is 2.87. The molecule has 1 aliphatic heterocycles. The van der Waals surface area contributed by atoms with Crippen LogP contribution in [0.1, 0.15) is 10.4 Å². The summed E-state index contributed by atoms with van der Waals surface area (Å²) in [6, 6.07) is 10.6. The third-order valence-electron chi connectivity index (χ3n) is 3.56. The second kappa shape index (κ2) is 8.22. The first kappa shape index (κ1) is 17.6. The lowest BCUT2D eigenvalue weighted by Gasteiger charge is -2.20. The minimum Gasteiger partial charge on any atom is -0.490 e. The molecule has 0 saturated heterocycles. The fourth-order valence-electron chi connectivity index (χ4n) is 2.36. The van der Waals surface area contributed by atoms with Crippen molar-refractivity contribution in [2.75, 3.05) is 38.9 Å². The van der Waals surface area contributed by atoms with Gasteiger partial charge in [-0.3, -0.25) is 4.79 Å². The first-order valence-electron chi connectivity index (χ1n) is 7.80. The van der Waals surface area contributed by atoms with Gasteiger partial charge in [0.25, 0.3) is 5.91 Å². The summed E-state index contributed by atoms with van der Waals surface area (Å²) in [6.45, 7) is 1.81. The first-order chi connectivity index (χ1) is 12.2. The van der Waals surface area contributed by atoms with Crippen molar-refractivity contribution >= 4 is 27.5 Å². The summed E-state index contributed by atoms with van der Waals surface area (Å²) in [4.78, 5) is 12.7. The lowest BCUT2D eigenvalue weighted by Crippen LogP contribution is -2.17. The average Bonchev–Trinajstić information content (AvgIpc) is 2.63. The molecule has 0 bridgehead atoms. The minimum atomic E-state index is -0.273. The van der Waals surface area contributed by atoms with Crippen molar-refractivity contribution < 1.29 is 23.7 Å². The molecular formula is C18H18BrNO5. The van der Waals surface area contributed by atoms with Crippen LogP contribution < -0.4 is 19.5 Å². The number of ether oxygens (including phenoxy) is 4. The molecule has 25 heavy (non-hydrogen) atoms. The van der Waals surface area contributed by atoms with Crippen molar-refractivity contribution in [3.05, 3.63) is 46.4 Å². The molecule has 1 heterocycles. The zero-order valence-corrected chi connectivity index (χ0v) is 15.3. The fourth-order valence-corrected chi connectivity index (χ4v) is 2.79. The smallest absolute Gasteiger partial charge is 0.259 e. The molecule has 1 aliphatic rings. The van der Waals surface area contributed by atoms with E-state index in [1.165, 1.54) is 0 Å². The van der Waals surface area contributed by atoms with Crippen LogP contribution in [0.2, 0.25) is 0 Å². The molecule has 0 spiro atoms. The Morgan fingerprint density at radius 2 is 1.88 bits per heavy atom. The average molecular weight is 408 g/mol. The lowest BCUT2D eigenvalue weighted by atomic mass is 10.1. The third-order valence-corrected chi connectivity index (χ3v) is 4.21. The number of carbonyl (C=O) groups excluding carboxylic acids is 1. The molecule has 7 heteroatoms. The lowest BCUT2D eigenvalue weighted by molar-refractivity contribution is 0.101. The van der Waals surface area contributed by atoms with Crippen LogP contribution in [-0.2, 0) is 4.74 Å². The number of nitrogens with one attached hydrogen (secondary N) is 1. The number of amides is 1. The van der Waals surface area contributed by atoms with Crippen molar-refractivity contribution in [1.82, 2.24) is 0 Å². The Balaban J connectivity index is 1.79. The van der Waals surface area contributed by atoms with Gasteiger partial charge < -0.3 is 24.3 Å². The van der Waals surface area contributed by atoms with Gasteiger partial charge in [0, 0.05) is 23.7 Å². The molecule has 132 valence electrons. The highest BCUT2D eigenvalue weighted by molar-refractivity contribution is 9.10. The zero-order valence-electron chi connectivity index (χ0n) is 13.7. The van der Waals surface area contributed by atoms with Crippen LogP contribution >= 0.6 is 15.9 Å². The minimum absolute atomic E-state index is 0.273. The maximum atomic E-state index is 12.7. The molecule has 6 nitrogen and oxygen atoms in total. The zero-order chi connectivity index (χ0) is 17.6. The van der Waals surface area contributed by atoms with E-state index in [1.807, 2.05) is 6.07 Å². The Hall–Kier alpha value is -2.25. The number of methoxy groups -OCH3 is 1. The van der Waals surface area contributed by atoms with E-state index < -0.39 is 0 Å². The number of halogens is 1. The quantitative estimate of drug-likeness (QED) is 0.742. The van der Waals surface area contributed by atoms with Gasteiger partial charge in [-0.05, 0) is 28.1 Å². The standard InChI is InChI=1S/C18H18BrNO5/c1-22-6-7-23-15-5-3-2-4-12(15)18(21)20-14-11-17-16(10-13(14)19)24-8-9-25-17/h2-5,10-11H,6-9H2,1H3,(H,20,21). The van der Waals surface area contributed by atoms with Crippen molar-refractivity contribution in [2.45, 2.75) is 0 Å². The number of hydrogen-bond donors (Lipinski definition) is 1. The van der Waals surface area contributed by atoms with Gasteiger partial charge >= 0.3 is 0 Å². The van der Waals surface area contributed by atoms with Crippen molar-refractivity contribution in [3.63, 3.8) is 0 Å². The summed E-state index contributed by atoms with van der Waals surface area (Å²) in [6.07, 6.45) is 0. The van der Waals surface area contributed by atoms with Crippen LogP contribution in [0.4, 0.5) is 5.69 Å². The maximum Gasteiger partial charge on any atom is 0.259 e. The molecule has 1 N–H and O–H groups in total. The van der Waals surface area contributed by atoms with E-state index in [2.05, 4.69) is 21.2 Å². The highest BCUT2D eigenvalue weighted by Crippen LogP contribution is 2.38. The molecule has 0 aromatic heterocycles. The normalized spacial score (nSPS) is 12.6. The number of anilines is 1. The molecule has 0 radical (unpaired) electrons. The SMILES string of the molecule is COCCOc1ccccc1C(=O)Nc1cc2c(cc1Br)OCCO2. The number of rotatable bonds is 6. The van der Waals surface area contributed by atoms with E-state index in [1.54, 1.807) is 37.4 Å².